The van der Waals surface area contributed by atoms with Crippen LogP contribution in [0.3, 0.4) is 0 Å². The fourth-order valence-corrected chi connectivity index (χ4v) is 7.74. The molecule has 1 aliphatic carbocycles. The van der Waals surface area contributed by atoms with Crippen molar-refractivity contribution in [2.45, 2.75) is 54.7 Å². The maximum atomic E-state index is 14.5. The van der Waals surface area contributed by atoms with E-state index >= 15 is 0 Å². The number of hydrogen-bond donors (Lipinski definition) is 1. The predicted octanol–water partition coefficient (Wildman–Crippen LogP) is 4.87. The average Bonchev–Trinajstić information content (AvgIpc) is 3.42. The largest absolute Gasteiger partial charge is 0.492 e. The number of fused-ring (bicyclic) bond motifs is 6. The van der Waals surface area contributed by atoms with Crippen LogP contribution in [0.25, 0.3) is 0 Å². The van der Waals surface area contributed by atoms with E-state index in [9.17, 15) is 9.90 Å². The van der Waals surface area contributed by atoms with Gasteiger partial charge in [0.1, 0.15) is 18.0 Å². The van der Waals surface area contributed by atoms with Gasteiger partial charge in [0.05, 0.1) is 43.1 Å². The highest BCUT2D eigenvalue weighted by atomic mass is 16.8. The number of aliphatic hydroxyl groups is 1. The monoisotopic (exact) mass is 646 g/mol. The van der Waals surface area contributed by atoms with Crippen LogP contribution >= 0.6 is 0 Å². The molecule has 0 fully saturated rings. The topological polar surface area (TPSA) is 120 Å². The van der Waals surface area contributed by atoms with E-state index in [1.807, 2.05) is 60.7 Å². The molecule has 3 heterocycles. The molecule has 0 saturated heterocycles. The molecule has 3 aromatic carbocycles. The van der Waals surface area contributed by atoms with Crippen molar-refractivity contribution in [3.8, 4) is 23.0 Å². The Morgan fingerprint density at radius 1 is 0.745 bits per heavy atom. The lowest BCUT2D eigenvalue weighted by Gasteiger charge is -2.51. The zero-order chi connectivity index (χ0) is 33.1. The van der Waals surface area contributed by atoms with Gasteiger partial charge >= 0.3 is 0 Å². The quantitative estimate of drug-likeness (QED) is 0.361. The Labute approximate surface area is 272 Å². The van der Waals surface area contributed by atoms with Gasteiger partial charge in [0.2, 0.25) is 17.1 Å². The minimum absolute atomic E-state index is 0.138. The number of carbonyl (C=O) groups excluding carboxylic acids is 1. The lowest BCUT2D eigenvalue weighted by atomic mass is 9.70. The van der Waals surface area contributed by atoms with Crippen molar-refractivity contribution in [3.63, 3.8) is 0 Å². The molecule has 0 radical (unpaired) electrons. The molecule has 7 atom stereocenters. The number of ether oxygens (including phenoxy) is 9. The number of rotatable bonds is 8. The van der Waals surface area contributed by atoms with Crippen LogP contribution in [-0.4, -0.2) is 71.5 Å². The van der Waals surface area contributed by atoms with Crippen molar-refractivity contribution in [2.24, 2.45) is 0 Å². The summed E-state index contributed by atoms with van der Waals surface area (Å²) in [6.07, 6.45) is -3.58. The Hall–Kier alpha value is -4.13. The number of benzene rings is 3. The molecular weight excluding hydrogens is 608 g/mol. The van der Waals surface area contributed by atoms with Crippen molar-refractivity contribution in [1.29, 1.82) is 0 Å². The summed E-state index contributed by atoms with van der Waals surface area (Å²) < 4.78 is 56.9. The molecule has 0 bridgehead atoms. The highest BCUT2D eigenvalue weighted by Gasteiger charge is 2.77. The van der Waals surface area contributed by atoms with Crippen LogP contribution < -0.4 is 18.9 Å². The summed E-state index contributed by atoms with van der Waals surface area (Å²) in [6, 6.07) is 19.3. The van der Waals surface area contributed by atoms with E-state index in [-0.39, 0.29) is 40.8 Å². The summed E-state index contributed by atoms with van der Waals surface area (Å²) in [4.78, 5) is 14.5. The highest BCUT2D eigenvalue weighted by Crippen LogP contribution is 2.69. The minimum atomic E-state index is -1.98. The summed E-state index contributed by atoms with van der Waals surface area (Å²) in [5.41, 5.74) is 0.776. The Kier molecular flexibility index (Phi) is 7.92. The predicted molar refractivity (Wildman–Crippen MR) is 167 cm³/mol. The summed E-state index contributed by atoms with van der Waals surface area (Å²) >= 11 is 0. The number of carbonyl (C=O) groups is 1. The van der Waals surface area contributed by atoms with Crippen molar-refractivity contribution >= 4 is 5.78 Å². The van der Waals surface area contributed by atoms with Crippen molar-refractivity contribution in [1.82, 2.24) is 0 Å². The summed E-state index contributed by atoms with van der Waals surface area (Å²) in [7, 11) is 8.80. The van der Waals surface area contributed by atoms with Gasteiger partial charge in [-0.3, -0.25) is 4.79 Å². The van der Waals surface area contributed by atoms with Gasteiger partial charge < -0.3 is 47.7 Å². The molecule has 0 saturated carbocycles. The van der Waals surface area contributed by atoms with Crippen molar-refractivity contribution in [2.75, 3.05) is 42.7 Å². The third-order valence-corrected chi connectivity index (χ3v) is 9.79. The van der Waals surface area contributed by atoms with Gasteiger partial charge in [-0.25, -0.2) is 0 Å². The van der Waals surface area contributed by atoms with Crippen molar-refractivity contribution < 1.29 is 52.5 Å². The van der Waals surface area contributed by atoms with Crippen LogP contribution in [0.4, 0.5) is 0 Å². The van der Waals surface area contributed by atoms with Crippen LogP contribution in [0.5, 0.6) is 23.0 Å². The number of hydrogen-bond acceptors (Lipinski definition) is 11. The second-order valence-electron chi connectivity index (χ2n) is 11.8. The first-order valence-electron chi connectivity index (χ1n) is 15.4. The second-order valence-corrected chi connectivity index (χ2v) is 11.8. The zero-order valence-electron chi connectivity index (χ0n) is 27.1. The minimum Gasteiger partial charge on any atom is -0.492 e. The third-order valence-electron chi connectivity index (χ3n) is 9.79. The molecule has 0 unspecified atom stereocenters. The fraction of sp³-hybridized carbons (Fsp3) is 0.417. The van der Waals surface area contributed by atoms with Gasteiger partial charge in [-0.2, -0.15) is 0 Å². The molecule has 3 aromatic rings. The maximum absolute atomic E-state index is 14.5. The van der Waals surface area contributed by atoms with Crippen molar-refractivity contribution in [3.05, 3.63) is 94.2 Å². The normalized spacial score (nSPS) is 30.6. The fourth-order valence-electron chi connectivity index (χ4n) is 7.74. The van der Waals surface area contributed by atoms with Gasteiger partial charge in [-0.15, -0.1) is 0 Å². The van der Waals surface area contributed by atoms with E-state index < -0.39 is 47.7 Å². The SMILES string of the molecule is COc1c2c(c3c(c1OC)[C@@]1(OC)C4=C(C(=O)[C@@H](OC)[C@@]1(OC)O3)[C@H](OC)C[C@@H](c1ccccc1)O4)[C@H](O)C[C@@H](c1ccccc1)O2. The Bertz CT molecular complexity index is 1710. The molecule has 1 N–H and O–H groups in total. The van der Waals surface area contributed by atoms with E-state index in [0.717, 1.165) is 11.1 Å². The molecule has 0 spiro atoms. The molecule has 47 heavy (non-hydrogen) atoms. The maximum Gasteiger partial charge on any atom is 0.285 e. The van der Waals surface area contributed by atoms with Gasteiger partial charge in [-0.1, -0.05) is 60.7 Å². The Morgan fingerprint density at radius 3 is 1.89 bits per heavy atom. The van der Waals surface area contributed by atoms with Crippen LogP contribution in [0.15, 0.2) is 72.0 Å². The zero-order valence-corrected chi connectivity index (χ0v) is 27.1. The van der Waals surface area contributed by atoms with Gasteiger partial charge in [0, 0.05) is 41.3 Å². The number of aliphatic hydroxyl groups excluding tert-OH is 1. The Balaban J connectivity index is 1.53. The second kappa shape index (κ2) is 11.8. The van der Waals surface area contributed by atoms with E-state index in [1.165, 1.54) is 35.5 Å². The molecule has 3 aliphatic heterocycles. The van der Waals surface area contributed by atoms with Crippen LogP contribution in [0, 0.1) is 0 Å². The standard InChI is InChI=1S/C36H38O11/c1-39-24-18-23(20-15-11-8-12-16-20)46-33-26(24)28(38)34(42-4)36(44-6)35(33,43-5)27-29(47-36)25-21(37)17-22(19-13-9-7-10-14-19)45-30(25)32(41-3)31(27)40-2/h7-16,21-24,34,37H,17-18H2,1-6H3/t21-,22+,23+,24-,34-,35-,36-/m1/s1. The van der Waals surface area contributed by atoms with Crippen LogP contribution in [0.2, 0.25) is 0 Å². The first-order chi connectivity index (χ1) is 22.8. The number of ketones is 1. The molecule has 0 aromatic heterocycles. The van der Waals surface area contributed by atoms with E-state index in [1.54, 1.807) is 7.11 Å². The van der Waals surface area contributed by atoms with Gasteiger partial charge in [-0.05, 0) is 11.1 Å². The first-order valence-corrected chi connectivity index (χ1v) is 15.4. The lowest BCUT2D eigenvalue weighted by molar-refractivity contribution is -0.310. The third kappa shape index (κ3) is 4.20. The van der Waals surface area contributed by atoms with Crippen LogP contribution in [-0.2, 0) is 34.1 Å². The van der Waals surface area contributed by atoms with Gasteiger partial charge in [0.25, 0.3) is 5.79 Å². The molecular formula is C36H38O11. The average molecular weight is 647 g/mol. The lowest BCUT2D eigenvalue weighted by Crippen LogP contribution is -2.69. The molecule has 7 rings (SSSR count). The van der Waals surface area contributed by atoms with Gasteiger partial charge in [0.15, 0.2) is 23.4 Å². The summed E-state index contributed by atoms with van der Waals surface area (Å²) in [5.74, 6) is -1.48. The van der Waals surface area contributed by atoms with Crippen LogP contribution in [0.1, 0.15) is 53.4 Å². The summed E-state index contributed by atoms with van der Waals surface area (Å²) in [6.45, 7) is 0. The molecule has 11 nitrogen and oxygen atoms in total. The first kappa shape index (κ1) is 31.5. The molecule has 11 heteroatoms. The summed E-state index contributed by atoms with van der Waals surface area (Å²) in [5, 5.41) is 11.9. The number of methoxy groups -OCH3 is 6. The smallest absolute Gasteiger partial charge is 0.285 e. The van der Waals surface area contributed by atoms with E-state index in [4.69, 9.17) is 42.6 Å². The molecule has 4 aliphatic rings. The molecule has 248 valence electrons. The number of Topliss-reactive ketones (excluding diaryl/α,β-unsaturated/α-hetero) is 1. The highest BCUT2D eigenvalue weighted by molar-refractivity contribution is 6.03. The van der Waals surface area contributed by atoms with E-state index in [0.29, 0.717) is 17.5 Å². The van der Waals surface area contributed by atoms with E-state index in [2.05, 4.69) is 0 Å². The Morgan fingerprint density at radius 2 is 1.36 bits per heavy atom. The molecule has 0 amide bonds.